The lowest BCUT2D eigenvalue weighted by Gasteiger charge is -2.29. The van der Waals surface area contributed by atoms with Gasteiger partial charge in [0.1, 0.15) is 6.07 Å². The maximum Gasteiger partial charge on any atom is 0.250 e. The first-order chi connectivity index (χ1) is 15.9. The molecule has 1 saturated heterocycles. The molecular formula is C25H33N3O4S. The zero-order valence-electron chi connectivity index (χ0n) is 19.4. The van der Waals surface area contributed by atoms with Crippen LogP contribution in [0.15, 0.2) is 41.3 Å². The molecule has 0 aliphatic carbocycles. The van der Waals surface area contributed by atoms with Crippen LogP contribution in [0.25, 0.3) is 16.8 Å². The molecule has 1 N–H and O–H groups in total. The van der Waals surface area contributed by atoms with E-state index in [1.165, 1.54) is 31.0 Å². The average Bonchev–Trinajstić information content (AvgIpc) is 2.84. The van der Waals surface area contributed by atoms with Gasteiger partial charge in [-0.15, -0.1) is 0 Å². The van der Waals surface area contributed by atoms with Crippen LogP contribution in [0.2, 0.25) is 0 Å². The molecule has 8 heteroatoms. The molecular weight excluding hydrogens is 438 g/mol. The van der Waals surface area contributed by atoms with Crippen LogP contribution >= 0.6 is 0 Å². The number of hydrogen-bond acceptors (Lipinski definition) is 6. The van der Waals surface area contributed by atoms with Gasteiger partial charge in [0.2, 0.25) is 0 Å². The van der Waals surface area contributed by atoms with Crippen molar-refractivity contribution in [2.24, 2.45) is 0 Å². The molecule has 1 unspecified atom stereocenters. The van der Waals surface area contributed by atoms with Crippen LogP contribution in [0.5, 0.6) is 0 Å². The van der Waals surface area contributed by atoms with Crippen LogP contribution in [-0.2, 0) is 19.5 Å². The predicted octanol–water partition coefficient (Wildman–Crippen LogP) is 4.06. The minimum atomic E-state index is -3.92. The van der Waals surface area contributed by atoms with Crippen molar-refractivity contribution in [3.05, 3.63) is 46.9 Å². The fraction of sp³-hybridized carbons (Fsp3) is 0.480. The minimum Gasteiger partial charge on any atom is -0.385 e. The second kappa shape index (κ2) is 12.1. The van der Waals surface area contributed by atoms with Gasteiger partial charge in [-0.25, -0.2) is 13.1 Å². The van der Waals surface area contributed by atoms with E-state index in [9.17, 15) is 13.7 Å². The smallest absolute Gasteiger partial charge is 0.250 e. The Hall–Kier alpha value is -2.44. The van der Waals surface area contributed by atoms with Crippen molar-refractivity contribution in [3.63, 3.8) is 0 Å². The quantitative estimate of drug-likeness (QED) is 0.393. The van der Waals surface area contributed by atoms with Gasteiger partial charge >= 0.3 is 0 Å². The maximum absolute atomic E-state index is 12.6. The molecule has 33 heavy (non-hydrogen) atoms. The highest BCUT2D eigenvalue weighted by molar-refractivity contribution is 7.93. The second-order valence-electron chi connectivity index (χ2n) is 8.32. The lowest BCUT2D eigenvalue weighted by molar-refractivity contribution is 0.0443. The minimum absolute atomic E-state index is 0.0338. The molecule has 0 radical (unpaired) electrons. The van der Waals surface area contributed by atoms with Crippen LogP contribution in [0.4, 0.5) is 5.69 Å². The third kappa shape index (κ3) is 7.27. The number of anilines is 1. The van der Waals surface area contributed by atoms with Gasteiger partial charge < -0.3 is 14.4 Å². The molecule has 0 spiro atoms. The third-order valence-corrected chi connectivity index (χ3v) is 7.16. The van der Waals surface area contributed by atoms with Crippen molar-refractivity contribution >= 4 is 32.6 Å². The molecule has 1 fully saturated rings. The molecule has 0 saturated carbocycles. The lowest BCUT2D eigenvalue weighted by Crippen LogP contribution is -2.29. The summed E-state index contributed by atoms with van der Waals surface area (Å²) in [7, 11) is -2.30. The molecule has 0 aromatic heterocycles. The molecule has 1 aliphatic rings. The molecule has 0 bridgehead atoms. The SMILES string of the molecule is COCCC(C)OCCNS(=O)(=O)/C(C#N)=C/c1ccc2cc(N3CCCCC3)ccc2c1. The fourth-order valence-electron chi connectivity index (χ4n) is 3.89. The van der Waals surface area contributed by atoms with E-state index in [0.717, 1.165) is 30.3 Å². The Bertz CT molecular complexity index is 1100. The summed E-state index contributed by atoms with van der Waals surface area (Å²) in [6, 6.07) is 13.9. The number of hydrogen-bond donors (Lipinski definition) is 1. The Morgan fingerprint density at radius 3 is 2.61 bits per heavy atom. The van der Waals surface area contributed by atoms with Crippen LogP contribution in [0.3, 0.4) is 0 Å². The molecule has 3 rings (SSSR count). The summed E-state index contributed by atoms with van der Waals surface area (Å²) in [5, 5.41) is 11.6. The van der Waals surface area contributed by atoms with Crippen molar-refractivity contribution in [2.45, 2.75) is 38.7 Å². The normalized spacial score (nSPS) is 16.0. The summed E-state index contributed by atoms with van der Waals surface area (Å²) in [5.41, 5.74) is 1.88. The van der Waals surface area contributed by atoms with Crippen LogP contribution < -0.4 is 9.62 Å². The summed E-state index contributed by atoms with van der Waals surface area (Å²) >= 11 is 0. The molecule has 2 aromatic carbocycles. The number of ether oxygens (including phenoxy) is 2. The van der Waals surface area contributed by atoms with E-state index in [1.54, 1.807) is 7.11 Å². The summed E-state index contributed by atoms with van der Waals surface area (Å²) in [6.45, 7) is 4.97. The van der Waals surface area contributed by atoms with Crippen LogP contribution in [0, 0.1) is 11.3 Å². The summed E-state index contributed by atoms with van der Waals surface area (Å²) in [4.78, 5) is 2.09. The van der Waals surface area contributed by atoms with E-state index < -0.39 is 10.0 Å². The van der Waals surface area contributed by atoms with Gasteiger partial charge in [0.15, 0.2) is 4.91 Å². The topological polar surface area (TPSA) is 91.7 Å². The molecule has 1 atom stereocenters. The van der Waals surface area contributed by atoms with Crippen molar-refractivity contribution in [3.8, 4) is 6.07 Å². The number of nitriles is 1. The third-order valence-electron chi connectivity index (χ3n) is 5.79. The first kappa shape index (κ1) is 25.2. The monoisotopic (exact) mass is 471 g/mol. The first-order valence-electron chi connectivity index (χ1n) is 11.4. The highest BCUT2D eigenvalue weighted by Crippen LogP contribution is 2.26. The molecule has 0 amide bonds. The Labute approximate surface area is 197 Å². The van der Waals surface area contributed by atoms with Gasteiger partial charge in [0.25, 0.3) is 10.0 Å². The van der Waals surface area contributed by atoms with Crippen molar-refractivity contribution in [1.82, 2.24) is 4.72 Å². The zero-order valence-corrected chi connectivity index (χ0v) is 20.2. The Kier molecular flexibility index (Phi) is 9.27. The molecule has 2 aromatic rings. The van der Waals surface area contributed by atoms with Gasteiger partial charge in [0, 0.05) is 39.0 Å². The van der Waals surface area contributed by atoms with E-state index in [0.29, 0.717) is 12.2 Å². The van der Waals surface area contributed by atoms with Crippen LogP contribution in [0.1, 0.15) is 38.2 Å². The number of sulfonamides is 1. The number of rotatable bonds is 11. The van der Waals surface area contributed by atoms with Crippen LogP contribution in [-0.4, -0.2) is 54.5 Å². The van der Waals surface area contributed by atoms with Gasteiger partial charge in [-0.3, -0.25) is 0 Å². The Morgan fingerprint density at radius 2 is 1.88 bits per heavy atom. The summed E-state index contributed by atoms with van der Waals surface area (Å²) in [5.74, 6) is 0. The Morgan fingerprint density at radius 1 is 1.15 bits per heavy atom. The van der Waals surface area contributed by atoms with E-state index in [2.05, 4.69) is 27.8 Å². The number of nitrogens with zero attached hydrogens (tertiary/aromatic N) is 2. The zero-order chi connectivity index (χ0) is 23.7. The molecule has 7 nitrogen and oxygen atoms in total. The van der Waals surface area contributed by atoms with Crippen molar-refractivity contribution in [2.75, 3.05) is 44.9 Å². The number of allylic oxidation sites excluding steroid dienone is 1. The second-order valence-corrected chi connectivity index (χ2v) is 10.1. The maximum atomic E-state index is 12.6. The largest absolute Gasteiger partial charge is 0.385 e. The average molecular weight is 472 g/mol. The standard InChI is InChI=1S/C25H33N3O4S/c1-20(10-14-31-2)32-15-11-27-33(29,30)25(19-26)17-21-6-7-23-18-24(9-8-22(23)16-21)28-12-4-3-5-13-28/h6-9,16-18,20,27H,3-5,10-15H2,1-2H3/b25-17+. The summed E-state index contributed by atoms with van der Waals surface area (Å²) in [6.07, 6.45) is 5.84. The Balaban J connectivity index is 1.66. The number of fused-ring (bicyclic) bond motifs is 1. The first-order valence-corrected chi connectivity index (χ1v) is 12.9. The highest BCUT2D eigenvalue weighted by atomic mass is 32.2. The van der Waals surface area contributed by atoms with Gasteiger partial charge in [0.05, 0.1) is 12.7 Å². The number of piperidine rings is 1. The van der Waals surface area contributed by atoms with Crippen molar-refractivity contribution < 1.29 is 17.9 Å². The van der Waals surface area contributed by atoms with Gasteiger partial charge in [-0.1, -0.05) is 18.2 Å². The highest BCUT2D eigenvalue weighted by Gasteiger charge is 2.17. The van der Waals surface area contributed by atoms with Gasteiger partial charge in [-0.2, -0.15) is 5.26 Å². The van der Waals surface area contributed by atoms with Crippen molar-refractivity contribution in [1.29, 1.82) is 5.26 Å². The number of nitrogens with one attached hydrogen (secondary N) is 1. The lowest BCUT2D eigenvalue weighted by atomic mass is 10.0. The number of methoxy groups -OCH3 is 1. The predicted molar refractivity (Wildman–Crippen MR) is 132 cm³/mol. The molecule has 178 valence electrons. The van der Waals surface area contributed by atoms with Gasteiger partial charge in [-0.05, 0) is 73.2 Å². The molecule has 1 aliphatic heterocycles. The van der Waals surface area contributed by atoms with E-state index in [1.807, 2.05) is 31.2 Å². The molecule has 1 heterocycles. The van der Waals surface area contributed by atoms with E-state index >= 15 is 0 Å². The van der Waals surface area contributed by atoms with E-state index in [4.69, 9.17) is 9.47 Å². The number of benzene rings is 2. The van der Waals surface area contributed by atoms with E-state index in [-0.39, 0.29) is 24.2 Å². The summed E-state index contributed by atoms with van der Waals surface area (Å²) < 4.78 is 38.2. The fourth-order valence-corrected chi connectivity index (χ4v) is 4.81.